The van der Waals surface area contributed by atoms with E-state index in [0.29, 0.717) is 16.8 Å². The molecule has 0 saturated carbocycles. The fourth-order valence-electron chi connectivity index (χ4n) is 3.86. The Bertz CT molecular complexity index is 1580. The van der Waals surface area contributed by atoms with Gasteiger partial charge in [0.25, 0.3) is 5.91 Å². The molecule has 0 aliphatic heterocycles. The van der Waals surface area contributed by atoms with E-state index in [1.807, 2.05) is 24.3 Å². The van der Waals surface area contributed by atoms with Gasteiger partial charge < -0.3 is 5.11 Å². The van der Waals surface area contributed by atoms with Gasteiger partial charge in [-0.25, -0.2) is 22.9 Å². The Morgan fingerprint density at radius 3 is 2.18 bits per heavy atom. The van der Waals surface area contributed by atoms with Crippen molar-refractivity contribution in [1.29, 1.82) is 0 Å². The maximum Gasteiger partial charge on any atom is 0.331 e. The monoisotopic (exact) mass is 550 g/mol. The van der Waals surface area contributed by atoms with Crippen molar-refractivity contribution in [3.63, 3.8) is 0 Å². The van der Waals surface area contributed by atoms with Gasteiger partial charge in [-0.05, 0) is 47.7 Å². The molecule has 1 heterocycles. The van der Waals surface area contributed by atoms with Gasteiger partial charge in [0, 0.05) is 33.2 Å². The number of hydrogen-bond donors (Lipinski definition) is 2. The highest BCUT2D eigenvalue weighted by atomic mass is 32.1. The van der Waals surface area contributed by atoms with Gasteiger partial charge in [0.1, 0.15) is 17.5 Å². The van der Waals surface area contributed by atoms with Crippen LogP contribution in [0.1, 0.15) is 49.2 Å². The molecule has 4 aromatic rings. The molecular formula is C30H25F3N2O3S. The molecule has 0 aliphatic carbocycles. The average molecular weight is 551 g/mol. The van der Waals surface area contributed by atoms with E-state index in [4.69, 9.17) is 5.11 Å². The summed E-state index contributed by atoms with van der Waals surface area (Å²) in [6.45, 7) is 7.50. The van der Waals surface area contributed by atoms with Crippen LogP contribution in [0.15, 0.2) is 65.6 Å². The number of carboxylic acid groups (broad SMARTS) is 1. The Kier molecular flexibility index (Phi) is 7.74. The van der Waals surface area contributed by atoms with Crippen molar-refractivity contribution < 1.29 is 27.9 Å². The summed E-state index contributed by atoms with van der Waals surface area (Å²) < 4.78 is 44.4. The highest BCUT2D eigenvalue weighted by molar-refractivity contribution is 7.14. The van der Waals surface area contributed by atoms with Gasteiger partial charge in [-0.3, -0.25) is 10.1 Å². The molecule has 0 spiro atoms. The number of carboxylic acids is 1. The van der Waals surface area contributed by atoms with E-state index in [1.165, 1.54) is 6.92 Å². The number of aromatic nitrogens is 1. The number of rotatable bonds is 6. The van der Waals surface area contributed by atoms with Crippen molar-refractivity contribution in [1.82, 2.24) is 4.98 Å². The third kappa shape index (κ3) is 6.09. The van der Waals surface area contributed by atoms with E-state index in [1.54, 1.807) is 23.6 Å². The number of nitrogens with one attached hydrogen (secondary N) is 1. The third-order valence-corrected chi connectivity index (χ3v) is 6.86. The van der Waals surface area contributed by atoms with E-state index in [2.05, 4.69) is 31.1 Å². The van der Waals surface area contributed by atoms with Gasteiger partial charge >= 0.3 is 5.97 Å². The minimum atomic E-state index is -1.32. The van der Waals surface area contributed by atoms with Crippen LogP contribution in [-0.4, -0.2) is 22.0 Å². The van der Waals surface area contributed by atoms with E-state index in [9.17, 15) is 18.4 Å². The molecule has 200 valence electrons. The molecule has 3 aromatic carbocycles. The summed E-state index contributed by atoms with van der Waals surface area (Å²) >= 11 is 1.03. The Labute approximate surface area is 227 Å². The van der Waals surface area contributed by atoms with Crippen molar-refractivity contribution >= 4 is 34.4 Å². The lowest BCUT2D eigenvalue weighted by Crippen LogP contribution is -2.13. The lowest BCUT2D eigenvalue weighted by atomic mass is 9.86. The first kappa shape index (κ1) is 27.8. The number of thiazole rings is 1. The predicted molar refractivity (Wildman–Crippen MR) is 147 cm³/mol. The Morgan fingerprint density at radius 1 is 0.974 bits per heavy atom. The molecule has 2 N–H and O–H groups in total. The predicted octanol–water partition coefficient (Wildman–Crippen LogP) is 7.93. The van der Waals surface area contributed by atoms with Crippen molar-refractivity contribution in [2.75, 3.05) is 5.32 Å². The first-order valence-corrected chi connectivity index (χ1v) is 12.8. The number of anilines is 1. The molecule has 1 amide bonds. The van der Waals surface area contributed by atoms with E-state index < -0.39 is 34.9 Å². The van der Waals surface area contributed by atoms with Crippen LogP contribution >= 0.6 is 11.3 Å². The molecule has 0 unspecified atom stereocenters. The van der Waals surface area contributed by atoms with Crippen LogP contribution in [0.25, 0.3) is 28.5 Å². The molecule has 0 bridgehead atoms. The van der Waals surface area contributed by atoms with Gasteiger partial charge in [-0.2, -0.15) is 0 Å². The molecule has 9 heteroatoms. The fourth-order valence-corrected chi connectivity index (χ4v) is 4.56. The van der Waals surface area contributed by atoms with Crippen LogP contribution in [0.2, 0.25) is 0 Å². The Hall–Kier alpha value is -4.24. The highest BCUT2D eigenvalue weighted by Crippen LogP contribution is 2.34. The standard InChI is InChI=1S/C30H25F3N2O3S/c1-16(28(37)38)12-22-23(31)13-18(14-24(22)32)27(36)35-29-34-25(15-39-29)21-7-5-6-20(26(21)33)17-8-10-19(11-9-17)30(2,3)4/h5-15H,1-4H3,(H,37,38)(H,34,35,36)/b16-12+. The summed E-state index contributed by atoms with van der Waals surface area (Å²) in [4.78, 5) is 27.9. The third-order valence-electron chi connectivity index (χ3n) is 6.10. The normalized spacial score (nSPS) is 11.9. The van der Waals surface area contributed by atoms with Crippen LogP contribution in [0.5, 0.6) is 0 Å². The number of carbonyl (C=O) groups is 2. The maximum atomic E-state index is 15.5. The second-order valence-electron chi connectivity index (χ2n) is 9.97. The lowest BCUT2D eigenvalue weighted by Gasteiger charge is -2.19. The average Bonchev–Trinajstić information content (AvgIpc) is 3.33. The van der Waals surface area contributed by atoms with E-state index in [-0.39, 0.29) is 27.2 Å². The largest absolute Gasteiger partial charge is 0.478 e. The molecule has 39 heavy (non-hydrogen) atoms. The van der Waals surface area contributed by atoms with Crippen LogP contribution < -0.4 is 5.32 Å². The Morgan fingerprint density at radius 2 is 1.59 bits per heavy atom. The second-order valence-corrected chi connectivity index (χ2v) is 10.8. The number of halogens is 3. The zero-order valence-corrected chi connectivity index (χ0v) is 22.4. The number of hydrogen-bond acceptors (Lipinski definition) is 4. The molecule has 1 aromatic heterocycles. The molecule has 0 fully saturated rings. The maximum absolute atomic E-state index is 15.5. The first-order chi connectivity index (χ1) is 18.3. The highest BCUT2D eigenvalue weighted by Gasteiger charge is 2.19. The summed E-state index contributed by atoms with van der Waals surface area (Å²) in [7, 11) is 0. The van der Waals surface area contributed by atoms with E-state index >= 15 is 4.39 Å². The van der Waals surface area contributed by atoms with Crippen LogP contribution in [0.3, 0.4) is 0 Å². The van der Waals surface area contributed by atoms with Gasteiger partial charge in [0.2, 0.25) is 0 Å². The smallest absolute Gasteiger partial charge is 0.331 e. The quantitative estimate of drug-likeness (QED) is 0.239. The SMILES string of the molecule is C/C(=C\c1c(F)cc(C(=O)Nc2nc(-c3cccc(-c4ccc(C(C)(C)C)cc4)c3F)cs2)cc1F)C(=O)O. The van der Waals surface area contributed by atoms with Gasteiger partial charge in [-0.1, -0.05) is 57.2 Å². The second kappa shape index (κ2) is 10.9. The van der Waals surface area contributed by atoms with Crippen LogP contribution in [0.4, 0.5) is 18.3 Å². The topological polar surface area (TPSA) is 79.3 Å². The van der Waals surface area contributed by atoms with Crippen molar-refractivity contribution in [3.8, 4) is 22.4 Å². The number of aliphatic carboxylic acids is 1. The fraction of sp³-hybridized carbons (Fsp3) is 0.167. The molecule has 0 saturated heterocycles. The minimum absolute atomic E-state index is 0.0314. The van der Waals surface area contributed by atoms with Crippen molar-refractivity contribution in [2.24, 2.45) is 0 Å². The summed E-state index contributed by atoms with van der Waals surface area (Å²) in [6, 6.07) is 14.3. The van der Waals surface area contributed by atoms with Crippen LogP contribution in [-0.2, 0) is 10.2 Å². The molecule has 0 aliphatic rings. The zero-order valence-electron chi connectivity index (χ0n) is 21.6. The summed E-state index contributed by atoms with van der Waals surface area (Å²) in [5.41, 5.74) is 1.61. The van der Waals surface area contributed by atoms with Crippen molar-refractivity contribution in [2.45, 2.75) is 33.1 Å². The zero-order chi connectivity index (χ0) is 28.5. The van der Waals surface area contributed by atoms with Gasteiger partial charge in [-0.15, -0.1) is 11.3 Å². The van der Waals surface area contributed by atoms with Crippen molar-refractivity contribution in [3.05, 3.63) is 99.7 Å². The van der Waals surface area contributed by atoms with Crippen LogP contribution in [0, 0.1) is 17.5 Å². The lowest BCUT2D eigenvalue weighted by molar-refractivity contribution is -0.132. The summed E-state index contributed by atoms with van der Waals surface area (Å²) in [5.74, 6) is -4.79. The first-order valence-electron chi connectivity index (χ1n) is 11.9. The number of nitrogens with zero attached hydrogens (tertiary/aromatic N) is 1. The Balaban J connectivity index is 1.56. The number of amides is 1. The molecule has 5 nitrogen and oxygen atoms in total. The van der Waals surface area contributed by atoms with Gasteiger partial charge in [0.05, 0.1) is 5.69 Å². The molecule has 0 radical (unpaired) electrons. The molecule has 4 rings (SSSR count). The van der Waals surface area contributed by atoms with Gasteiger partial charge in [0.15, 0.2) is 5.13 Å². The van der Waals surface area contributed by atoms with E-state index in [0.717, 1.165) is 35.1 Å². The molecule has 0 atom stereocenters. The number of carbonyl (C=O) groups excluding carboxylic acids is 1. The summed E-state index contributed by atoms with van der Waals surface area (Å²) in [6.07, 6.45) is 0.851. The number of benzene rings is 3. The summed E-state index contributed by atoms with van der Waals surface area (Å²) in [5, 5.41) is 13.1. The molecular weight excluding hydrogens is 525 g/mol. The minimum Gasteiger partial charge on any atom is -0.478 e.